The second kappa shape index (κ2) is 5.46. The first kappa shape index (κ1) is 13.0. The number of benzene rings is 1. The first-order chi connectivity index (χ1) is 8.56. The van der Waals surface area contributed by atoms with Crippen LogP contribution in [0.25, 0.3) is 0 Å². The molecule has 0 spiro atoms. The average molecular weight is 257 g/mol. The van der Waals surface area contributed by atoms with Gasteiger partial charge in [0.05, 0.1) is 5.69 Å². The van der Waals surface area contributed by atoms with Crippen LogP contribution < -0.4 is 0 Å². The van der Waals surface area contributed by atoms with E-state index in [2.05, 4.69) is 36.8 Å². The number of nitrogens with zero attached hydrogens (tertiary/aromatic N) is 1. The molecule has 0 aliphatic rings. The molecule has 0 radical (unpaired) electrons. The molecule has 0 aliphatic carbocycles. The zero-order chi connectivity index (χ0) is 13.0. The van der Waals surface area contributed by atoms with Gasteiger partial charge in [-0.25, -0.2) is 0 Å². The van der Waals surface area contributed by atoms with E-state index in [9.17, 15) is 0 Å². The SMILES string of the molecule is C[Si](C)(C)O[C@H](c1ccccc1)c1ccccn1. The van der Waals surface area contributed by atoms with Crippen LogP contribution in [-0.4, -0.2) is 13.3 Å². The third-order valence-corrected chi connectivity index (χ3v) is 3.47. The molecule has 0 fully saturated rings. The molecule has 2 nitrogen and oxygen atoms in total. The summed E-state index contributed by atoms with van der Waals surface area (Å²) in [5.41, 5.74) is 2.14. The molecule has 1 atom stereocenters. The largest absolute Gasteiger partial charge is 0.405 e. The Kier molecular flexibility index (Phi) is 3.94. The van der Waals surface area contributed by atoms with Gasteiger partial charge in [0.15, 0.2) is 8.32 Å². The summed E-state index contributed by atoms with van der Waals surface area (Å²) >= 11 is 0. The Bertz CT molecular complexity index is 439. The minimum absolute atomic E-state index is 0.0564. The predicted octanol–water partition coefficient (Wildman–Crippen LogP) is 4.02. The lowest BCUT2D eigenvalue weighted by Gasteiger charge is -2.26. The highest BCUT2D eigenvalue weighted by Gasteiger charge is 2.24. The fraction of sp³-hybridized carbons (Fsp3) is 0.267. The minimum atomic E-state index is -1.63. The van der Waals surface area contributed by atoms with Crippen LogP contribution in [0.2, 0.25) is 19.6 Å². The summed E-state index contributed by atoms with van der Waals surface area (Å²) in [6.45, 7) is 6.60. The number of aromatic nitrogens is 1. The Morgan fingerprint density at radius 1 is 0.944 bits per heavy atom. The molecule has 0 unspecified atom stereocenters. The number of hydrogen-bond acceptors (Lipinski definition) is 2. The van der Waals surface area contributed by atoms with Crippen LogP contribution in [0, 0.1) is 0 Å². The van der Waals surface area contributed by atoms with Crippen LogP contribution in [0.15, 0.2) is 54.7 Å². The van der Waals surface area contributed by atoms with Gasteiger partial charge < -0.3 is 4.43 Å². The molecule has 0 bridgehead atoms. The monoisotopic (exact) mass is 257 g/mol. The highest BCUT2D eigenvalue weighted by atomic mass is 28.4. The molecule has 18 heavy (non-hydrogen) atoms. The molecule has 0 amide bonds. The lowest BCUT2D eigenvalue weighted by molar-refractivity contribution is 0.235. The van der Waals surface area contributed by atoms with Crippen molar-refractivity contribution in [2.45, 2.75) is 25.7 Å². The molecule has 0 N–H and O–H groups in total. The smallest absolute Gasteiger partial charge is 0.185 e. The normalized spacial score (nSPS) is 13.3. The first-order valence-corrected chi connectivity index (χ1v) is 9.61. The van der Waals surface area contributed by atoms with Crippen LogP contribution in [0.1, 0.15) is 17.4 Å². The van der Waals surface area contributed by atoms with Crippen molar-refractivity contribution in [1.29, 1.82) is 0 Å². The molecular weight excluding hydrogens is 238 g/mol. The molecule has 1 heterocycles. The van der Waals surface area contributed by atoms with Crippen LogP contribution in [-0.2, 0) is 4.43 Å². The molecule has 3 heteroatoms. The molecule has 94 valence electrons. The van der Waals surface area contributed by atoms with Crippen molar-refractivity contribution in [2.24, 2.45) is 0 Å². The van der Waals surface area contributed by atoms with Crippen molar-refractivity contribution in [3.63, 3.8) is 0 Å². The van der Waals surface area contributed by atoms with Gasteiger partial charge in [-0.2, -0.15) is 0 Å². The van der Waals surface area contributed by atoms with Crippen molar-refractivity contribution in [2.75, 3.05) is 0 Å². The lowest BCUT2D eigenvalue weighted by Crippen LogP contribution is -2.28. The molecule has 2 rings (SSSR count). The number of pyridine rings is 1. The van der Waals surface area contributed by atoms with Gasteiger partial charge in [-0.3, -0.25) is 4.98 Å². The van der Waals surface area contributed by atoms with E-state index >= 15 is 0 Å². The first-order valence-electron chi connectivity index (χ1n) is 6.20. The van der Waals surface area contributed by atoms with Crippen LogP contribution in [0.5, 0.6) is 0 Å². The van der Waals surface area contributed by atoms with Crippen molar-refractivity contribution in [3.05, 3.63) is 66.0 Å². The van der Waals surface area contributed by atoms with E-state index in [1.165, 1.54) is 5.56 Å². The minimum Gasteiger partial charge on any atom is -0.405 e. The van der Waals surface area contributed by atoms with Gasteiger partial charge >= 0.3 is 0 Å². The highest BCUT2D eigenvalue weighted by molar-refractivity contribution is 6.69. The van der Waals surface area contributed by atoms with Crippen LogP contribution in [0.4, 0.5) is 0 Å². The van der Waals surface area contributed by atoms with E-state index < -0.39 is 8.32 Å². The van der Waals surface area contributed by atoms with Crippen molar-refractivity contribution in [3.8, 4) is 0 Å². The number of hydrogen-bond donors (Lipinski definition) is 0. The maximum Gasteiger partial charge on any atom is 0.185 e. The second-order valence-corrected chi connectivity index (χ2v) is 9.74. The standard InChI is InChI=1S/C15H19NOSi/c1-18(2,3)17-15(13-9-5-4-6-10-13)14-11-7-8-12-16-14/h4-12,15H,1-3H3/t15-/m1/s1. The van der Waals surface area contributed by atoms with Gasteiger partial charge in [-0.15, -0.1) is 0 Å². The zero-order valence-electron chi connectivity index (χ0n) is 11.1. The van der Waals surface area contributed by atoms with Crippen molar-refractivity contribution in [1.82, 2.24) is 4.98 Å². The van der Waals surface area contributed by atoms with Gasteiger partial charge in [-0.05, 0) is 37.3 Å². The summed E-state index contributed by atoms with van der Waals surface area (Å²) in [4.78, 5) is 4.44. The summed E-state index contributed by atoms with van der Waals surface area (Å²) in [6.07, 6.45) is 1.76. The molecule has 1 aromatic heterocycles. The quantitative estimate of drug-likeness (QED) is 0.772. The van der Waals surface area contributed by atoms with Gasteiger partial charge in [-0.1, -0.05) is 36.4 Å². The topological polar surface area (TPSA) is 22.1 Å². The molecular formula is C15H19NOSi. The Labute approximate surface area is 110 Å². The van der Waals surface area contributed by atoms with Gasteiger partial charge in [0.1, 0.15) is 6.10 Å². The Hall–Kier alpha value is -1.45. The van der Waals surface area contributed by atoms with Crippen LogP contribution in [0.3, 0.4) is 0 Å². The van der Waals surface area contributed by atoms with E-state index in [0.29, 0.717) is 0 Å². The molecule has 0 saturated heterocycles. The third kappa shape index (κ3) is 3.52. The Morgan fingerprint density at radius 3 is 2.17 bits per heavy atom. The summed E-state index contributed by atoms with van der Waals surface area (Å²) in [7, 11) is -1.63. The molecule has 1 aromatic carbocycles. The van der Waals surface area contributed by atoms with Crippen LogP contribution >= 0.6 is 0 Å². The number of rotatable bonds is 4. The third-order valence-electron chi connectivity index (χ3n) is 2.53. The maximum atomic E-state index is 6.29. The van der Waals surface area contributed by atoms with Gasteiger partial charge in [0.25, 0.3) is 0 Å². The van der Waals surface area contributed by atoms with Gasteiger partial charge in [0, 0.05) is 6.20 Å². The Balaban J connectivity index is 2.36. The summed E-state index contributed by atoms with van der Waals surface area (Å²) in [5.74, 6) is 0. The fourth-order valence-electron chi connectivity index (χ4n) is 1.81. The summed E-state index contributed by atoms with van der Waals surface area (Å²) < 4.78 is 6.29. The van der Waals surface area contributed by atoms with Gasteiger partial charge in [0.2, 0.25) is 0 Å². The summed E-state index contributed by atoms with van der Waals surface area (Å²) in [6, 6.07) is 16.3. The average Bonchev–Trinajstić information content (AvgIpc) is 2.37. The Morgan fingerprint density at radius 2 is 1.61 bits per heavy atom. The van der Waals surface area contributed by atoms with E-state index in [-0.39, 0.29) is 6.10 Å². The molecule has 0 saturated carbocycles. The predicted molar refractivity (Wildman–Crippen MR) is 77.0 cm³/mol. The maximum absolute atomic E-state index is 6.29. The van der Waals surface area contributed by atoms with Crippen molar-refractivity contribution < 1.29 is 4.43 Å². The lowest BCUT2D eigenvalue weighted by atomic mass is 10.1. The second-order valence-electron chi connectivity index (χ2n) is 5.28. The van der Waals surface area contributed by atoms with E-state index in [0.717, 1.165) is 5.69 Å². The highest BCUT2D eigenvalue weighted by Crippen LogP contribution is 2.27. The van der Waals surface area contributed by atoms with Crippen molar-refractivity contribution >= 4 is 8.32 Å². The van der Waals surface area contributed by atoms with E-state index in [1.54, 1.807) is 0 Å². The summed E-state index contributed by atoms with van der Waals surface area (Å²) in [5, 5.41) is 0. The van der Waals surface area contributed by atoms with E-state index in [4.69, 9.17) is 4.43 Å². The van der Waals surface area contributed by atoms with E-state index in [1.807, 2.05) is 42.6 Å². The fourth-order valence-corrected chi connectivity index (χ4v) is 2.78. The molecule has 2 aromatic rings. The molecule has 0 aliphatic heterocycles. The zero-order valence-corrected chi connectivity index (χ0v) is 12.1.